The molecule has 100 valence electrons. The molecule has 1 atom stereocenters. The maximum Gasteiger partial charge on any atom is 0.248 e. The van der Waals surface area contributed by atoms with Crippen LogP contribution in [-0.2, 0) is 0 Å². The van der Waals surface area contributed by atoms with Crippen LogP contribution in [0.25, 0.3) is 11.4 Å². The quantitative estimate of drug-likeness (QED) is 0.705. The highest BCUT2D eigenvalue weighted by molar-refractivity contribution is 5.55. The third kappa shape index (κ3) is 2.50. The smallest absolute Gasteiger partial charge is 0.248 e. The lowest BCUT2D eigenvalue weighted by atomic mass is 10.2. The van der Waals surface area contributed by atoms with Gasteiger partial charge in [0, 0.05) is 43.5 Å². The van der Waals surface area contributed by atoms with Crippen molar-refractivity contribution in [3.8, 4) is 11.4 Å². The standard InChI is InChI=1S/C12H16N6O/c1-8-7-18(5-4-13-8)12-15-11(16-17-12)9-2-3-14-10(19)6-9/h2-3,6,8,13H,4-5,7H2,1H3,(H,14,19)(H,15,16,17)/t8-/m1/s1. The average molecular weight is 260 g/mol. The average Bonchev–Trinajstić information content (AvgIpc) is 2.88. The van der Waals surface area contributed by atoms with Gasteiger partial charge in [-0.1, -0.05) is 0 Å². The molecule has 0 amide bonds. The summed E-state index contributed by atoms with van der Waals surface area (Å²) in [5.74, 6) is 1.30. The van der Waals surface area contributed by atoms with Crippen LogP contribution < -0.4 is 15.8 Å². The number of hydrogen-bond acceptors (Lipinski definition) is 5. The van der Waals surface area contributed by atoms with Gasteiger partial charge in [-0.15, -0.1) is 5.10 Å². The minimum absolute atomic E-state index is 0.147. The molecule has 1 saturated heterocycles. The number of hydrogen-bond donors (Lipinski definition) is 3. The predicted molar refractivity (Wildman–Crippen MR) is 72.1 cm³/mol. The Kier molecular flexibility index (Phi) is 3.04. The minimum Gasteiger partial charge on any atom is -0.337 e. The zero-order valence-corrected chi connectivity index (χ0v) is 10.7. The number of rotatable bonds is 2. The SMILES string of the molecule is C[C@@H]1CN(c2n[nH]c(-c3cc[nH]c(=O)c3)n2)CCN1. The Labute approximate surface area is 110 Å². The minimum atomic E-state index is -0.147. The molecule has 1 aliphatic heterocycles. The van der Waals surface area contributed by atoms with Crippen LogP contribution in [0.1, 0.15) is 6.92 Å². The molecular weight excluding hydrogens is 244 g/mol. The number of aromatic nitrogens is 4. The first-order chi connectivity index (χ1) is 9.22. The summed E-state index contributed by atoms with van der Waals surface area (Å²) in [6, 6.07) is 3.73. The summed E-state index contributed by atoms with van der Waals surface area (Å²) in [5, 5.41) is 10.5. The van der Waals surface area contributed by atoms with Crippen LogP contribution in [0.4, 0.5) is 5.95 Å². The van der Waals surface area contributed by atoms with E-state index < -0.39 is 0 Å². The van der Waals surface area contributed by atoms with Crippen molar-refractivity contribution in [2.75, 3.05) is 24.5 Å². The molecule has 7 heteroatoms. The van der Waals surface area contributed by atoms with E-state index >= 15 is 0 Å². The molecule has 0 spiro atoms. The van der Waals surface area contributed by atoms with Gasteiger partial charge in [-0.2, -0.15) is 4.98 Å². The Bertz CT molecular complexity index is 618. The van der Waals surface area contributed by atoms with Crippen LogP contribution in [0.15, 0.2) is 23.1 Å². The van der Waals surface area contributed by atoms with Crippen LogP contribution in [0.5, 0.6) is 0 Å². The monoisotopic (exact) mass is 260 g/mol. The lowest BCUT2D eigenvalue weighted by molar-refractivity contribution is 0.480. The molecule has 0 unspecified atom stereocenters. The highest BCUT2D eigenvalue weighted by Crippen LogP contribution is 2.16. The summed E-state index contributed by atoms with van der Waals surface area (Å²) in [5.41, 5.74) is 0.594. The highest BCUT2D eigenvalue weighted by Gasteiger charge is 2.19. The molecule has 0 radical (unpaired) electrons. The number of aromatic amines is 2. The van der Waals surface area contributed by atoms with Crippen LogP contribution in [0, 0.1) is 0 Å². The summed E-state index contributed by atoms with van der Waals surface area (Å²) < 4.78 is 0. The molecule has 0 aromatic carbocycles. The molecule has 7 nitrogen and oxygen atoms in total. The van der Waals surface area contributed by atoms with Gasteiger partial charge < -0.3 is 15.2 Å². The van der Waals surface area contributed by atoms with Crippen molar-refractivity contribution in [2.24, 2.45) is 0 Å². The molecule has 0 saturated carbocycles. The summed E-state index contributed by atoms with van der Waals surface area (Å²) in [6.45, 7) is 4.83. The fourth-order valence-corrected chi connectivity index (χ4v) is 2.23. The predicted octanol–water partition coefficient (Wildman–Crippen LogP) is -0.0419. The molecule has 0 aliphatic carbocycles. The molecule has 0 bridgehead atoms. The maximum absolute atomic E-state index is 11.3. The third-order valence-corrected chi connectivity index (χ3v) is 3.17. The molecule has 2 aromatic heterocycles. The number of nitrogens with zero attached hydrogens (tertiary/aromatic N) is 3. The first-order valence-corrected chi connectivity index (χ1v) is 6.32. The van der Waals surface area contributed by atoms with E-state index in [4.69, 9.17) is 0 Å². The molecule has 19 heavy (non-hydrogen) atoms. The van der Waals surface area contributed by atoms with E-state index in [0.29, 0.717) is 17.8 Å². The first-order valence-electron chi connectivity index (χ1n) is 6.32. The molecule has 2 aromatic rings. The summed E-state index contributed by atoms with van der Waals surface area (Å²) in [4.78, 5) is 20.5. The zero-order chi connectivity index (χ0) is 13.2. The van der Waals surface area contributed by atoms with E-state index in [1.165, 1.54) is 6.07 Å². The van der Waals surface area contributed by atoms with Crippen LogP contribution in [-0.4, -0.2) is 45.8 Å². The highest BCUT2D eigenvalue weighted by atomic mass is 16.1. The Morgan fingerprint density at radius 2 is 2.37 bits per heavy atom. The second kappa shape index (κ2) is 4.85. The maximum atomic E-state index is 11.3. The zero-order valence-electron chi connectivity index (χ0n) is 10.7. The first kappa shape index (κ1) is 11.9. The normalized spacial score (nSPS) is 19.6. The van der Waals surface area contributed by atoms with Crippen molar-refractivity contribution in [1.29, 1.82) is 0 Å². The fraction of sp³-hybridized carbons (Fsp3) is 0.417. The number of piperazine rings is 1. The summed E-state index contributed by atoms with van der Waals surface area (Å²) in [6.07, 6.45) is 1.60. The largest absolute Gasteiger partial charge is 0.337 e. The van der Waals surface area contributed by atoms with E-state index in [1.54, 1.807) is 12.3 Å². The molecule has 1 fully saturated rings. The van der Waals surface area contributed by atoms with Crippen molar-refractivity contribution < 1.29 is 0 Å². The molecule has 1 aliphatic rings. The molecule has 3 heterocycles. The van der Waals surface area contributed by atoms with Crippen LogP contribution in [0.3, 0.4) is 0 Å². The Balaban J connectivity index is 1.85. The van der Waals surface area contributed by atoms with Crippen molar-refractivity contribution in [3.05, 3.63) is 28.7 Å². The topological polar surface area (TPSA) is 89.7 Å². The molecular formula is C12H16N6O. The second-order valence-electron chi connectivity index (χ2n) is 4.73. The van der Waals surface area contributed by atoms with E-state index in [2.05, 4.69) is 37.3 Å². The Morgan fingerprint density at radius 1 is 1.47 bits per heavy atom. The van der Waals surface area contributed by atoms with Crippen molar-refractivity contribution in [1.82, 2.24) is 25.5 Å². The Hall–Kier alpha value is -2.15. The third-order valence-electron chi connectivity index (χ3n) is 3.17. The lowest BCUT2D eigenvalue weighted by Gasteiger charge is -2.30. The van der Waals surface area contributed by atoms with E-state index in [-0.39, 0.29) is 5.56 Å². The van der Waals surface area contributed by atoms with Gasteiger partial charge >= 0.3 is 0 Å². The van der Waals surface area contributed by atoms with Gasteiger partial charge in [0.15, 0.2) is 5.82 Å². The van der Waals surface area contributed by atoms with Crippen LogP contribution >= 0.6 is 0 Å². The van der Waals surface area contributed by atoms with Gasteiger partial charge in [-0.05, 0) is 13.0 Å². The van der Waals surface area contributed by atoms with Gasteiger partial charge in [-0.3, -0.25) is 9.89 Å². The summed E-state index contributed by atoms with van der Waals surface area (Å²) >= 11 is 0. The molecule has 3 rings (SSSR count). The second-order valence-corrected chi connectivity index (χ2v) is 4.73. The van der Waals surface area contributed by atoms with E-state index in [0.717, 1.165) is 25.2 Å². The van der Waals surface area contributed by atoms with Gasteiger partial charge in [0.25, 0.3) is 0 Å². The number of anilines is 1. The van der Waals surface area contributed by atoms with E-state index in [9.17, 15) is 4.79 Å². The van der Waals surface area contributed by atoms with Crippen molar-refractivity contribution >= 4 is 5.95 Å². The van der Waals surface area contributed by atoms with Crippen molar-refractivity contribution in [2.45, 2.75) is 13.0 Å². The van der Waals surface area contributed by atoms with Crippen molar-refractivity contribution in [3.63, 3.8) is 0 Å². The van der Waals surface area contributed by atoms with Gasteiger partial charge in [0.1, 0.15) is 0 Å². The van der Waals surface area contributed by atoms with Gasteiger partial charge in [-0.25, -0.2) is 0 Å². The summed E-state index contributed by atoms with van der Waals surface area (Å²) in [7, 11) is 0. The van der Waals surface area contributed by atoms with Crippen LogP contribution in [0.2, 0.25) is 0 Å². The van der Waals surface area contributed by atoms with Gasteiger partial charge in [0.2, 0.25) is 11.5 Å². The Morgan fingerprint density at radius 3 is 3.16 bits per heavy atom. The number of H-pyrrole nitrogens is 2. The number of pyridine rings is 1. The lowest BCUT2D eigenvalue weighted by Crippen LogP contribution is -2.49. The molecule has 3 N–H and O–H groups in total. The number of nitrogens with one attached hydrogen (secondary N) is 3. The van der Waals surface area contributed by atoms with E-state index in [1.807, 2.05) is 0 Å². The van der Waals surface area contributed by atoms with Gasteiger partial charge in [0.05, 0.1) is 0 Å². The fourth-order valence-electron chi connectivity index (χ4n) is 2.23.